The molecule has 0 fully saturated rings. The summed E-state index contributed by atoms with van der Waals surface area (Å²) in [6, 6.07) is 2.70. The number of hydrogen-bond acceptors (Lipinski definition) is 2. The Morgan fingerprint density at radius 1 is 1.42 bits per heavy atom. The first kappa shape index (κ1) is 13.7. The Balaban J connectivity index is 2.61. The molecule has 102 valence electrons. The zero-order valence-corrected chi connectivity index (χ0v) is 10.3. The molecule has 3 nitrogen and oxygen atoms in total. The average Bonchev–Trinajstić information content (AvgIpc) is 2.31. The van der Waals surface area contributed by atoms with Crippen LogP contribution in [0.25, 0.3) is 6.08 Å². The topological polar surface area (TPSA) is 46.5 Å². The normalized spacial score (nSPS) is 18.4. The van der Waals surface area contributed by atoms with Crippen LogP contribution in [0.1, 0.15) is 11.1 Å². The van der Waals surface area contributed by atoms with Gasteiger partial charge in [-0.15, -0.1) is 0 Å². The van der Waals surface area contributed by atoms with Gasteiger partial charge < -0.3 is 9.84 Å². The van der Waals surface area contributed by atoms with Gasteiger partial charge in [-0.1, -0.05) is 11.6 Å². The fourth-order valence-electron chi connectivity index (χ4n) is 1.80. The number of fused-ring (bicyclic) bond motifs is 1. The number of carboxylic acids is 1. The van der Waals surface area contributed by atoms with Crippen LogP contribution in [0, 0.1) is 6.92 Å². The maximum atomic E-state index is 12.8. The zero-order valence-electron chi connectivity index (χ0n) is 9.58. The largest absolute Gasteiger partial charge is 0.478 e. The standard InChI is InChI=1S/C12H8ClF3O3/c1-5-6-4-7(11(17)18)10(12(14,15)16)19-9(6)3-2-8(5)13/h2-4,10H,1H3,(H,17,18)/t10-/m0/s1. The van der Waals surface area contributed by atoms with Gasteiger partial charge in [-0.2, -0.15) is 13.2 Å². The highest BCUT2D eigenvalue weighted by atomic mass is 35.5. The van der Waals surface area contributed by atoms with Gasteiger partial charge in [0.15, 0.2) is 0 Å². The average molecular weight is 293 g/mol. The molecular formula is C12H8ClF3O3. The smallest absolute Gasteiger partial charge is 0.430 e. The van der Waals surface area contributed by atoms with Gasteiger partial charge in [0.05, 0.1) is 5.57 Å². The molecule has 2 rings (SSSR count). The van der Waals surface area contributed by atoms with Gasteiger partial charge in [0.1, 0.15) is 5.75 Å². The third-order valence-corrected chi connectivity index (χ3v) is 3.19. The Kier molecular flexibility index (Phi) is 3.22. The van der Waals surface area contributed by atoms with Crippen molar-refractivity contribution in [2.24, 2.45) is 0 Å². The Morgan fingerprint density at radius 3 is 2.58 bits per heavy atom. The lowest BCUT2D eigenvalue weighted by molar-refractivity contribution is -0.187. The summed E-state index contributed by atoms with van der Waals surface area (Å²) in [5, 5.41) is 9.20. The van der Waals surface area contributed by atoms with E-state index in [9.17, 15) is 18.0 Å². The maximum absolute atomic E-state index is 12.8. The molecule has 19 heavy (non-hydrogen) atoms. The summed E-state index contributed by atoms with van der Waals surface area (Å²) < 4.78 is 43.1. The van der Waals surface area contributed by atoms with Crippen molar-refractivity contribution in [1.82, 2.24) is 0 Å². The molecule has 0 radical (unpaired) electrons. The molecule has 0 amide bonds. The van der Waals surface area contributed by atoms with E-state index in [1.165, 1.54) is 12.1 Å². The molecule has 0 aromatic heterocycles. The van der Waals surface area contributed by atoms with Gasteiger partial charge in [-0.05, 0) is 30.7 Å². The summed E-state index contributed by atoms with van der Waals surface area (Å²) in [5.74, 6) is -1.71. The second-order valence-corrected chi connectivity index (χ2v) is 4.44. The first-order valence-electron chi connectivity index (χ1n) is 5.19. The van der Waals surface area contributed by atoms with Gasteiger partial charge in [0, 0.05) is 10.6 Å². The fraction of sp³-hybridized carbons (Fsp3) is 0.250. The van der Waals surface area contributed by atoms with Crippen molar-refractivity contribution in [1.29, 1.82) is 0 Å². The molecule has 1 aliphatic rings. The second kappa shape index (κ2) is 4.45. The molecule has 0 saturated heterocycles. The number of benzene rings is 1. The van der Waals surface area contributed by atoms with Crippen molar-refractivity contribution in [3.8, 4) is 5.75 Å². The predicted octanol–water partition coefficient (Wildman–Crippen LogP) is 3.44. The number of ether oxygens (including phenoxy) is 1. The third kappa shape index (κ3) is 2.40. The van der Waals surface area contributed by atoms with E-state index < -0.39 is 23.8 Å². The Labute approximate surface area is 111 Å². The molecule has 1 atom stereocenters. The second-order valence-electron chi connectivity index (χ2n) is 4.03. The molecule has 0 bridgehead atoms. The van der Waals surface area contributed by atoms with E-state index in [2.05, 4.69) is 0 Å². The molecule has 0 spiro atoms. The lowest BCUT2D eigenvalue weighted by atomic mass is 9.98. The van der Waals surface area contributed by atoms with Gasteiger partial charge in [-0.25, -0.2) is 4.79 Å². The summed E-state index contributed by atoms with van der Waals surface area (Å²) in [4.78, 5) is 10.9. The van der Waals surface area contributed by atoms with E-state index in [1.807, 2.05) is 0 Å². The van der Waals surface area contributed by atoms with Crippen molar-refractivity contribution >= 4 is 23.6 Å². The number of hydrogen-bond donors (Lipinski definition) is 1. The van der Waals surface area contributed by atoms with Crippen molar-refractivity contribution in [3.05, 3.63) is 33.9 Å². The van der Waals surface area contributed by atoms with Crippen molar-refractivity contribution in [2.75, 3.05) is 0 Å². The summed E-state index contributed by atoms with van der Waals surface area (Å²) >= 11 is 5.84. The molecule has 1 aliphatic heterocycles. The van der Waals surface area contributed by atoms with Gasteiger partial charge in [-0.3, -0.25) is 0 Å². The number of carbonyl (C=O) groups is 1. The van der Waals surface area contributed by atoms with Crippen LogP contribution in [0.5, 0.6) is 5.75 Å². The Bertz CT molecular complexity index is 578. The molecule has 0 aliphatic carbocycles. The monoisotopic (exact) mass is 292 g/mol. The van der Waals surface area contributed by atoms with E-state index in [-0.39, 0.29) is 11.3 Å². The maximum Gasteiger partial charge on any atom is 0.430 e. The van der Waals surface area contributed by atoms with Gasteiger partial charge >= 0.3 is 12.1 Å². The van der Waals surface area contributed by atoms with Crippen LogP contribution in [0.2, 0.25) is 5.02 Å². The lowest BCUT2D eigenvalue weighted by Gasteiger charge is -2.27. The molecule has 1 aromatic rings. The number of aliphatic carboxylic acids is 1. The van der Waals surface area contributed by atoms with Crippen LogP contribution in [-0.4, -0.2) is 23.4 Å². The number of alkyl halides is 3. The van der Waals surface area contributed by atoms with Crippen LogP contribution >= 0.6 is 11.6 Å². The molecule has 0 saturated carbocycles. The van der Waals surface area contributed by atoms with E-state index in [1.54, 1.807) is 6.92 Å². The van der Waals surface area contributed by atoms with Crippen LogP contribution in [0.15, 0.2) is 17.7 Å². The Morgan fingerprint density at radius 2 is 2.05 bits per heavy atom. The minimum Gasteiger partial charge on any atom is -0.478 e. The SMILES string of the molecule is Cc1c(Cl)ccc2c1C=C(C(=O)O)[C@@H](C(F)(F)F)O2. The summed E-state index contributed by atoms with van der Waals surface area (Å²) in [5.41, 5.74) is -0.130. The molecular weight excluding hydrogens is 285 g/mol. The van der Waals surface area contributed by atoms with Crippen LogP contribution in [-0.2, 0) is 4.79 Å². The highest BCUT2D eigenvalue weighted by Crippen LogP contribution is 2.39. The minimum atomic E-state index is -4.80. The molecule has 0 unspecified atom stereocenters. The predicted molar refractivity (Wildman–Crippen MR) is 62.3 cm³/mol. The summed E-state index contributed by atoms with van der Waals surface area (Å²) in [7, 11) is 0. The van der Waals surface area contributed by atoms with Gasteiger partial charge in [0.25, 0.3) is 0 Å². The van der Waals surface area contributed by atoms with E-state index in [0.717, 1.165) is 6.08 Å². The molecule has 7 heteroatoms. The van der Waals surface area contributed by atoms with E-state index in [4.69, 9.17) is 21.4 Å². The van der Waals surface area contributed by atoms with E-state index in [0.29, 0.717) is 10.6 Å². The van der Waals surface area contributed by atoms with Crippen molar-refractivity contribution in [2.45, 2.75) is 19.2 Å². The summed E-state index contributed by atoms with van der Waals surface area (Å²) in [6.45, 7) is 1.58. The first-order valence-corrected chi connectivity index (χ1v) is 5.57. The first-order chi connectivity index (χ1) is 8.71. The third-order valence-electron chi connectivity index (χ3n) is 2.78. The number of halogens is 4. The fourth-order valence-corrected chi connectivity index (χ4v) is 1.96. The quantitative estimate of drug-likeness (QED) is 0.862. The lowest BCUT2D eigenvalue weighted by Crippen LogP contribution is -2.40. The van der Waals surface area contributed by atoms with Crippen LogP contribution in [0.3, 0.4) is 0 Å². The minimum absolute atomic E-state index is 0.0331. The van der Waals surface area contributed by atoms with Gasteiger partial charge in [0.2, 0.25) is 6.10 Å². The molecule has 1 N–H and O–H groups in total. The number of carboxylic acid groups (broad SMARTS) is 1. The van der Waals surface area contributed by atoms with Crippen LogP contribution < -0.4 is 4.74 Å². The molecule has 1 heterocycles. The highest BCUT2D eigenvalue weighted by Gasteiger charge is 2.48. The zero-order chi connectivity index (χ0) is 14.4. The van der Waals surface area contributed by atoms with Crippen LogP contribution in [0.4, 0.5) is 13.2 Å². The highest BCUT2D eigenvalue weighted by molar-refractivity contribution is 6.31. The van der Waals surface area contributed by atoms with Crippen molar-refractivity contribution in [3.63, 3.8) is 0 Å². The Hall–Kier alpha value is -1.69. The van der Waals surface area contributed by atoms with Crippen molar-refractivity contribution < 1.29 is 27.8 Å². The number of rotatable bonds is 1. The van der Waals surface area contributed by atoms with E-state index >= 15 is 0 Å². The molecule has 1 aromatic carbocycles. The summed E-state index contributed by atoms with van der Waals surface area (Å²) in [6.07, 6.45) is -6.31.